The summed E-state index contributed by atoms with van der Waals surface area (Å²) in [5.41, 5.74) is 1.73. The van der Waals surface area contributed by atoms with Gasteiger partial charge in [-0.3, -0.25) is 0 Å². The van der Waals surface area contributed by atoms with Gasteiger partial charge in [0.15, 0.2) is 16.4 Å². The van der Waals surface area contributed by atoms with E-state index in [0.717, 1.165) is 42.4 Å². The molecule has 230 valence electrons. The highest BCUT2D eigenvalue weighted by atomic mass is 32.2. The Morgan fingerprint density at radius 3 is 2.56 bits per heavy atom. The zero-order valence-electron chi connectivity index (χ0n) is 23.9. The number of β-amino-alcohol motifs (C(OH)–C–C–N with tert-alkyl or cyclic N) is 1. The van der Waals surface area contributed by atoms with Crippen LogP contribution >= 0.6 is 0 Å². The van der Waals surface area contributed by atoms with Crippen LogP contribution in [-0.2, 0) is 16.4 Å². The average Bonchev–Trinajstić information content (AvgIpc) is 3.27. The number of piperidine rings is 1. The lowest BCUT2D eigenvalue weighted by Crippen LogP contribution is -2.41. The average molecular weight is 618 g/mol. The Kier molecular flexibility index (Phi) is 10.1. The van der Waals surface area contributed by atoms with E-state index >= 15 is 0 Å². The van der Waals surface area contributed by atoms with E-state index in [4.69, 9.17) is 10.00 Å². The fraction of sp³-hybridized carbons (Fsp3) is 0.433. The lowest BCUT2D eigenvalue weighted by atomic mass is 10.0. The molecule has 0 spiro atoms. The molecular weight excluding hydrogens is 583 g/mol. The van der Waals surface area contributed by atoms with Gasteiger partial charge in [-0.05, 0) is 56.0 Å². The molecule has 1 aromatic heterocycles. The third-order valence-electron chi connectivity index (χ3n) is 7.01. The molecule has 2 aromatic carbocycles. The van der Waals surface area contributed by atoms with Gasteiger partial charge >= 0.3 is 6.18 Å². The van der Waals surface area contributed by atoms with Crippen LogP contribution in [0.3, 0.4) is 0 Å². The molecule has 1 fully saturated rings. The van der Waals surface area contributed by atoms with Crippen molar-refractivity contribution in [3.8, 4) is 23.7 Å². The summed E-state index contributed by atoms with van der Waals surface area (Å²) in [6.45, 7) is 2.52. The maximum absolute atomic E-state index is 13.6. The minimum absolute atomic E-state index is 0.0171. The number of alkyl halides is 3. The Morgan fingerprint density at radius 2 is 1.91 bits per heavy atom. The maximum atomic E-state index is 13.6. The van der Waals surface area contributed by atoms with Crippen LogP contribution in [0.15, 0.2) is 47.4 Å². The van der Waals surface area contributed by atoms with Crippen molar-refractivity contribution in [3.63, 3.8) is 0 Å². The Hall–Kier alpha value is -3.91. The van der Waals surface area contributed by atoms with Crippen molar-refractivity contribution in [2.24, 2.45) is 0 Å². The number of aliphatic hydroxyl groups is 1. The molecule has 0 aliphatic carbocycles. The number of rotatable bonds is 10. The van der Waals surface area contributed by atoms with Crippen molar-refractivity contribution in [3.05, 3.63) is 48.2 Å². The molecule has 2 heterocycles. The van der Waals surface area contributed by atoms with Crippen LogP contribution in [-0.4, -0.2) is 80.4 Å². The first-order valence-corrected chi connectivity index (χ1v) is 15.7. The normalized spacial score (nSPS) is 15.4. The molecule has 1 saturated heterocycles. The molecule has 13 heteroatoms. The van der Waals surface area contributed by atoms with Crippen LogP contribution in [0.2, 0.25) is 0 Å². The summed E-state index contributed by atoms with van der Waals surface area (Å²) in [5, 5.41) is 25.7. The molecule has 0 bridgehead atoms. The first-order chi connectivity index (χ1) is 20.3. The molecule has 9 nitrogen and oxygen atoms in total. The predicted octanol–water partition coefficient (Wildman–Crippen LogP) is 4.23. The van der Waals surface area contributed by atoms with E-state index in [-0.39, 0.29) is 35.5 Å². The summed E-state index contributed by atoms with van der Waals surface area (Å²) in [6, 6.07) is 13.0. The highest BCUT2D eigenvalue weighted by Crippen LogP contribution is 2.32. The third-order valence-corrected chi connectivity index (χ3v) is 8.12. The number of likely N-dealkylation sites (tertiary alicyclic amines) is 1. The Balaban J connectivity index is 1.56. The number of benzene rings is 2. The maximum Gasteiger partial charge on any atom is 0.406 e. The zero-order chi connectivity index (χ0) is 31.2. The van der Waals surface area contributed by atoms with Gasteiger partial charge in [-0.2, -0.15) is 18.4 Å². The predicted molar refractivity (Wildman–Crippen MR) is 159 cm³/mol. The van der Waals surface area contributed by atoms with Crippen molar-refractivity contribution in [2.45, 2.75) is 49.5 Å². The van der Waals surface area contributed by atoms with E-state index in [0.29, 0.717) is 23.1 Å². The van der Waals surface area contributed by atoms with Gasteiger partial charge in [-0.15, -0.1) is 0 Å². The number of aromatic nitrogens is 1. The molecule has 1 unspecified atom stereocenters. The fourth-order valence-corrected chi connectivity index (χ4v) is 5.74. The van der Waals surface area contributed by atoms with Crippen LogP contribution in [0.5, 0.6) is 5.75 Å². The van der Waals surface area contributed by atoms with E-state index in [1.165, 1.54) is 18.2 Å². The van der Waals surface area contributed by atoms with Crippen molar-refractivity contribution < 1.29 is 31.4 Å². The monoisotopic (exact) mass is 617 g/mol. The number of nitrogens with one attached hydrogen (secondary N) is 2. The number of nitrogens with zero attached hydrogens (tertiary/aromatic N) is 3. The number of halogens is 3. The van der Waals surface area contributed by atoms with Crippen LogP contribution in [0.25, 0.3) is 10.9 Å². The van der Waals surface area contributed by atoms with Gasteiger partial charge in [0.05, 0.1) is 34.4 Å². The van der Waals surface area contributed by atoms with Crippen LogP contribution in [0.1, 0.15) is 25.5 Å². The number of ether oxygens (including phenoxy) is 1. The Labute approximate surface area is 249 Å². The van der Waals surface area contributed by atoms with E-state index in [9.17, 15) is 26.7 Å². The highest BCUT2D eigenvalue weighted by molar-refractivity contribution is 7.90. The van der Waals surface area contributed by atoms with E-state index < -0.39 is 28.7 Å². The van der Waals surface area contributed by atoms with Gasteiger partial charge in [0.2, 0.25) is 0 Å². The van der Waals surface area contributed by atoms with Crippen molar-refractivity contribution in [1.82, 2.24) is 9.47 Å². The second-order valence-electron chi connectivity index (χ2n) is 10.6. The van der Waals surface area contributed by atoms with Gasteiger partial charge in [-0.1, -0.05) is 12.0 Å². The highest BCUT2D eigenvalue weighted by Gasteiger charge is 2.30. The van der Waals surface area contributed by atoms with E-state index in [1.54, 1.807) is 25.1 Å². The van der Waals surface area contributed by atoms with Gasteiger partial charge in [0.1, 0.15) is 18.4 Å². The number of fused-ring (bicyclic) bond motifs is 1. The number of nitriles is 1. The second-order valence-corrected chi connectivity index (χ2v) is 12.6. The second kappa shape index (κ2) is 13.6. The molecule has 0 saturated carbocycles. The van der Waals surface area contributed by atoms with Crippen molar-refractivity contribution in [2.75, 3.05) is 49.7 Å². The number of hydrogen-bond donors (Lipinski definition) is 3. The van der Waals surface area contributed by atoms with Crippen LogP contribution in [0, 0.1) is 23.2 Å². The Bertz CT molecular complexity index is 1640. The molecule has 3 aromatic rings. The first-order valence-electron chi connectivity index (χ1n) is 13.8. The first kappa shape index (κ1) is 32.0. The number of hydrogen-bond acceptors (Lipinski definition) is 8. The standard InChI is InChI=1S/C30H34F3N5O4S/c1-21(39)19-37-14-10-22(11-15-37)36-26-6-3-7-28-25(26)17-23(38(28)20-30(31,32)33)5-4-13-35-27-9-8-24(43(2,40)41)18-29(27)42-16-12-34/h3,6-9,17-18,21-22,35-36,39H,10-11,13-16,19-20H2,1-2H3. The number of sulfone groups is 1. The smallest absolute Gasteiger partial charge is 0.406 e. The molecule has 1 atom stereocenters. The van der Waals surface area contributed by atoms with Crippen LogP contribution < -0.4 is 15.4 Å². The summed E-state index contributed by atoms with van der Waals surface area (Å²) < 4.78 is 71.1. The summed E-state index contributed by atoms with van der Waals surface area (Å²) in [6.07, 6.45) is -2.13. The quantitative estimate of drug-likeness (QED) is 0.289. The SMILES string of the molecule is CC(O)CN1CCC(Nc2cccc3c2cc(C#CCNc2ccc(S(C)(=O)=O)cc2OCC#N)n3CC(F)(F)F)CC1. The minimum Gasteiger partial charge on any atom is -0.477 e. The summed E-state index contributed by atoms with van der Waals surface area (Å²) in [7, 11) is -3.51. The Morgan fingerprint density at radius 1 is 1.16 bits per heavy atom. The molecule has 43 heavy (non-hydrogen) atoms. The zero-order valence-corrected chi connectivity index (χ0v) is 24.7. The van der Waals surface area contributed by atoms with Crippen molar-refractivity contribution >= 4 is 32.1 Å². The molecular formula is C30H34F3N5O4S. The summed E-state index contributed by atoms with van der Waals surface area (Å²) in [4.78, 5) is 2.22. The van der Waals surface area contributed by atoms with Gasteiger partial charge in [0, 0.05) is 49.1 Å². The van der Waals surface area contributed by atoms with Crippen LogP contribution in [0.4, 0.5) is 24.5 Å². The third kappa shape index (κ3) is 8.80. The van der Waals surface area contributed by atoms with E-state index in [1.807, 2.05) is 12.1 Å². The molecule has 0 amide bonds. The lowest BCUT2D eigenvalue weighted by molar-refractivity contribution is -0.140. The largest absolute Gasteiger partial charge is 0.477 e. The van der Waals surface area contributed by atoms with Gasteiger partial charge in [-0.25, -0.2) is 8.42 Å². The van der Waals surface area contributed by atoms with Gasteiger partial charge < -0.3 is 29.9 Å². The summed E-state index contributed by atoms with van der Waals surface area (Å²) in [5.74, 6) is 5.85. The molecule has 3 N–H and O–H groups in total. The molecule has 0 radical (unpaired) electrons. The van der Waals surface area contributed by atoms with E-state index in [2.05, 4.69) is 27.4 Å². The number of anilines is 2. The fourth-order valence-electron chi connectivity index (χ4n) is 5.10. The summed E-state index contributed by atoms with van der Waals surface area (Å²) >= 11 is 0. The van der Waals surface area contributed by atoms with Gasteiger partial charge in [0.25, 0.3) is 0 Å². The number of aliphatic hydroxyl groups excluding tert-OH is 1. The molecule has 1 aliphatic heterocycles. The van der Waals surface area contributed by atoms with Crippen molar-refractivity contribution in [1.29, 1.82) is 5.26 Å². The minimum atomic E-state index is -4.46. The topological polar surface area (TPSA) is 120 Å². The lowest BCUT2D eigenvalue weighted by Gasteiger charge is -2.33. The molecule has 1 aliphatic rings. The molecule has 4 rings (SSSR count).